The molecule has 128 valence electrons. The van der Waals surface area contributed by atoms with E-state index >= 15 is 0 Å². The Morgan fingerprint density at radius 3 is 2.75 bits per heavy atom. The van der Waals surface area contributed by atoms with Crippen LogP contribution < -0.4 is 0 Å². The number of aromatic nitrogens is 1. The van der Waals surface area contributed by atoms with Gasteiger partial charge < -0.3 is 4.90 Å². The smallest absolute Gasteiger partial charge is 0.233 e. The van der Waals surface area contributed by atoms with E-state index in [1.54, 1.807) is 11.8 Å². The van der Waals surface area contributed by atoms with E-state index in [4.69, 9.17) is 4.98 Å². The van der Waals surface area contributed by atoms with Gasteiger partial charge in [-0.3, -0.25) is 4.79 Å². The average Bonchev–Trinajstić information content (AvgIpc) is 2.53. The van der Waals surface area contributed by atoms with Crippen LogP contribution in [0.25, 0.3) is 10.9 Å². The number of piperidine rings is 1. The van der Waals surface area contributed by atoms with Gasteiger partial charge in [0.2, 0.25) is 5.91 Å². The molecule has 0 saturated carbocycles. The molecule has 24 heavy (non-hydrogen) atoms. The van der Waals surface area contributed by atoms with Crippen molar-refractivity contribution in [2.24, 2.45) is 0 Å². The highest BCUT2D eigenvalue weighted by molar-refractivity contribution is 7.99. The lowest BCUT2D eigenvalue weighted by molar-refractivity contribution is -0.131. The van der Waals surface area contributed by atoms with E-state index < -0.39 is 0 Å². The fraction of sp³-hybridized carbons (Fsp3) is 0.500. The Balaban J connectivity index is 1.77. The number of aryl methyl sites for hydroxylation is 3. The maximum absolute atomic E-state index is 12.5. The Kier molecular flexibility index (Phi) is 5.14. The van der Waals surface area contributed by atoms with E-state index in [1.807, 2.05) is 4.90 Å². The van der Waals surface area contributed by atoms with Crippen molar-refractivity contribution in [3.05, 3.63) is 34.9 Å². The molecular weight excluding hydrogens is 316 g/mol. The summed E-state index contributed by atoms with van der Waals surface area (Å²) in [6.07, 6.45) is 3.50. The van der Waals surface area contributed by atoms with Gasteiger partial charge in [0.25, 0.3) is 0 Å². The second kappa shape index (κ2) is 7.14. The summed E-state index contributed by atoms with van der Waals surface area (Å²) in [6.45, 7) is 9.37. The molecule has 0 aliphatic carbocycles. The fourth-order valence-electron chi connectivity index (χ4n) is 3.57. The lowest BCUT2D eigenvalue weighted by Gasteiger charge is -2.33. The summed E-state index contributed by atoms with van der Waals surface area (Å²) in [5, 5.41) is 2.16. The van der Waals surface area contributed by atoms with E-state index in [2.05, 4.69) is 45.9 Å². The maximum Gasteiger partial charge on any atom is 0.233 e. The van der Waals surface area contributed by atoms with Gasteiger partial charge in [-0.2, -0.15) is 0 Å². The molecule has 1 atom stereocenters. The average molecular weight is 343 g/mol. The molecule has 1 amide bonds. The SMILES string of the molecule is Cc1cc(C)c2nc(SCC(=O)N3CCCC[C@@H]3C)c(C)cc2c1. The van der Waals surface area contributed by atoms with Crippen LogP contribution in [-0.4, -0.2) is 34.1 Å². The summed E-state index contributed by atoms with van der Waals surface area (Å²) < 4.78 is 0. The number of benzene rings is 1. The third kappa shape index (κ3) is 3.59. The van der Waals surface area contributed by atoms with Gasteiger partial charge in [0.15, 0.2) is 0 Å². The van der Waals surface area contributed by atoms with Crippen LogP contribution in [-0.2, 0) is 4.79 Å². The molecule has 1 saturated heterocycles. The first-order valence-electron chi connectivity index (χ1n) is 8.76. The number of hydrogen-bond donors (Lipinski definition) is 0. The van der Waals surface area contributed by atoms with E-state index in [0.29, 0.717) is 11.8 Å². The molecule has 0 N–H and O–H groups in total. The van der Waals surface area contributed by atoms with Crippen molar-refractivity contribution in [3.63, 3.8) is 0 Å². The van der Waals surface area contributed by atoms with E-state index in [1.165, 1.54) is 22.9 Å². The van der Waals surface area contributed by atoms with Crippen molar-refractivity contribution < 1.29 is 4.79 Å². The van der Waals surface area contributed by atoms with Crippen LogP contribution in [0.15, 0.2) is 23.2 Å². The molecule has 0 unspecified atom stereocenters. The second-order valence-corrected chi connectivity index (χ2v) is 7.95. The molecule has 1 fully saturated rings. The van der Waals surface area contributed by atoms with Crippen LogP contribution in [0, 0.1) is 20.8 Å². The van der Waals surface area contributed by atoms with Crippen LogP contribution in [0.5, 0.6) is 0 Å². The summed E-state index contributed by atoms with van der Waals surface area (Å²) >= 11 is 1.58. The molecular formula is C20H26N2OS. The highest BCUT2D eigenvalue weighted by Crippen LogP contribution is 2.28. The van der Waals surface area contributed by atoms with Crippen LogP contribution in [0.1, 0.15) is 42.9 Å². The standard InChI is InChI=1S/C20H26N2OS/c1-13-9-14(2)19-17(10-13)11-15(3)20(21-19)24-12-18(23)22-8-6-5-7-16(22)4/h9-11,16H,5-8,12H2,1-4H3/t16-/m0/s1. The molecule has 0 radical (unpaired) electrons. The number of nitrogens with zero attached hydrogens (tertiary/aromatic N) is 2. The van der Waals surface area contributed by atoms with Gasteiger partial charge in [0.05, 0.1) is 11.3 Å². The van der Waals surface area contributed by atoms with Gasteiger partial charge in [-0.15, -0.1) is 0 Å². The Morgan fingerprint density at radius 2 is 2.00 bits per heavy atom. The van der Waals surface area contributed by atoms with Crippen molar-refractivity contribution in [3.8, 4) is 0 Å². The molecule has 1 aromatic heterocycles. The van der Waals surface area contributed by atoms with Gasteiger partial charge in [-0.1, -0.05) is 23.4 Å². The van der Waals surface area contributed by atoms with E-state index in [-0.39, 0.29) is 5.91 Å². The third-order valence-electron chi connectivity index (χ3n) is 4.85. The summed E-state index contributed by atoms with van der Waals surface area (Å²) in [4.78, 5) is 19.4. The monoisotopic (exact) mass is 342 g/mol. The van der Waals surface area contributed by atoms with Gasteiger partial charge in [0.1, 0.15) is 5.03 Å². The second-order valence-electron chi connectivity index (χ2n) is 6.98. The molecule has 1 aromatic carbocycles. The lowest BCUT2D eigenvalue weighted by atomic mass is 10.0. The number of amides is 1. The number of carbonyl (C=O) groups is 1. The largest absolute Gasteiger partial charge is 0.339 e. The Bertz CT molecular complexity index is 772. The van der Waals surface area contributed by atoms with Gasteiger partial charge >= 0.3 is 0 Å². The molecule has 0 spiro atoms. The van der Waals surface area contributed by atoms with Crippen LogP contribution in [0.4, 0.5) is 0 Å². The Morgan fingerprint density at radius 1 is 1.21 bits per heavy atom. The van der Waals surface area contributed by atoms with Crippen molar-refractivity contribution >= 4 is 28.6 Å². The quantitative estimate of drug-likeness (QED) is 0.761. The molecule has 4 heteroatoms. The predicted octanol–water partition coefficient (Wildman–Crippen LogP) is 4.65. The number of pyridine rings is 1. The van der Waals surface area contributed by atoms with E-state index in [0.717, 1.165) is 35.5 Å². The fourth-order valence-corrected chi connectivity index (χ4v) is 4.44. The number of fused-ring (bicyclic) bond motifs is 1. The highest BCUT2D eigenvalue weighted by atomic mass is 32.2. The van der Waals surface area contributed by atoms with Gasteiger partial charge in [-0.05, 0) is 70.2 Å². The van der Waals surface area contributed by atoms with Crippen molar-refractivity contribution in [1.29, 1.82) is 0 Å². The molecule has 1 aliphatic heterocycles. The number of thioether (sulfide) groups is 1. The lowest BCUT2D eigenvalue weighted by Crippen LogP contribution is -2.42. The maximum atomic E-state index is 12.5. The summed E-state index contributed by atoms with van der Waals surface area (Å²) in [5.41, 5.74) is 4.66. The first-order chi connectivity index (χ1) is 11.5. The highest BCUT2D eigenvalue weighted by Gasteiger charge is 2.23. The summed E-state index contributed by atoms with van der Waals surface area (Å²) in [7, 11) is 0. The van der Waals surface area contributed by atoms with E-state index in [9.17, 15) is 4.79 Å². The zero-order valence-electron chi connectivity index (χ0n) is 15.1. The first kappa shape index (κ1) is 17.3. The topological polar surface area (TPSA) is 33.2 Å². The zero-order valence-corrected chi connectivity index (χ0v) is 15.9. The number of rotatable bonds is 3. The summed E-state index contributed by atoms with van der Waals surface area (Å²) in [6, 6.07) is 6.91. The van der Waals surface area contributed by atoms with Gasteiger partial charge in [-0.25, -0.2) is 4.98 Å². The number of likely N-dealkylation sites (tertiary alicyclic amines) is 1. The minimum atomic E-state index is 0.245. The number of carbonyl (C=O) groups excluding carboxylic acids is 1. The molecule has 3 rings (SSSR count). The minimum absolute atomic E-state index is 0.245. The minimum Gasteiger partial charge on any atom is -0.339 e. The van der Waals surface area contributed by atoms with Crippen molar-refractivity contribution in [2.75, 3.05) is 12.3 Å². The zero-order chi connectivity index (χ0) is 17.3. The molecule has 0 bridgehead atoms. The van der Waals surface area contributed by atoms with Crippen molar-refractivity contribution in [2.45, 2.75) is 58.0 Å². The first-order valence-corrected chi connectivity index (χ1v) is 9.75. The normalized spacial score (nSPS) is 18.2. The van der Waals surface area contributed by atoms with Crippen LogP contribution in [0.2, 0.25) is 0 Å². The molecule has 2 aromatic rings. The predicted molar refractivity (Wildman–Crippen MR) is 102 cm³/mol. The summed E-state index contributed by atoms with van der Waals surface area (Å²) in [5.74, 6) is 0.725. The van der Waals surface area contributed by atoms with Crippen molar-refractivity contribution in [1.82, 2.24) is 9.88 Å². The third-order valence-corrected chi connectivity index (χ3v) is 5.93. The number of hydrogen-bond acceptors (Lipinski definition) is 3. The van der Waals surface area contributed by atoms with Crippen LogP contribution in [0.3, 0.4) is 0 Å². The Hall–Kier alpha value is -1.55. The molecule has 3 nitrogen and oxygen atoms in total. The Labute approximate surface area is 148 Å². The van der Waals surface area contributed by atoms with Crippen LogP contribution >= 0.6 is 11.8 Å². The molecule has 2 heterocycles. The molecule has 1 aliphatic rings. The van der Waals surface area contributed by atoms with Gasteiger partial charge in [0, 0.05) is 18.0 Å².